The van der Waals surface area contributed by atoms with E-state index in [1.807, 2.05) is 18.2 Å². The van der Waals surface area contributed by atoms with E-state index in [4.69, 9.17) is 0 Å². The molecule has 6 heteroatoms. The van der Waals surface area contributed by atoms with Gasteiger partial charge in [0.1, 0.15) is 0 Å². The molecule has 0 fully saturated rings. The van der Waals surface area contributed by atoms with Crippen LogP contribution in [0.15, 0.2) is 77.7 Å². The molecule has 3 aromatic carbocycles. The molecule has 0 radical (unpaired) electrons. The van der Waals surface area contributed by atoms with E-state index in [0.717, 1.165) is 29.7 Å². The minimum absolute atomic E-state index is 0.185. The van der Waals surface area contributed by atoms with Crippen molar-refractivity contribution < 1.29 is 13.2 Å². The third kappa shape index (κ3) is 4.84. The van der Waals surface area contributed by atoms with E-state index in [-0.39, 0.29) is 10.8 Å². The number of benzene rings is 3. The Morgan fingerprint density at radius 1 is 0.793 bits per heavy atom. The topological polar surface area (TPSA) is 75.3 Å². The molecule has 0 heterocycles. The van der Waals surface area contributed by atoms with E-state index in [9.17, 15) is 13.2 Å². The van der Waals surface area contributed by atoms with E-state index < -0.39 is 10.0 Å². The van der Waals surface area contributed by atoms with Crippen molar-refractivity contribution in [2.45, 2.75) is 31.6 Å². The summed E-state index contributed by atoms with van der Waals surface area (Å²) in [4.78, 5) is 12.9. The minimum Gasteiger partial charge on any atom is -0.321 e. The van der Waals surface area contributed by atoms with Gasteiger partial charge in [-0.15, -0.1) is 0 Å². The minimum atomic E-state index is -3.66. The highest BCUT2D eigenvalue weighted by atomic mass is 32.2. The highest BCUT2D eigenvalue weighted by Crippen LogP contribution is 2.24. The van der Waals surface area contributed by atoms with Crippen molar-refractivity contribution in [1.82, 2.24) is 0 Å². The fourth-order valence-corrected chi connectivity index (χ4v) is 4.17. The maximum absolute atomic E-state index is 12.7. The lowest BCUT2D eigenvalue weighted by atomic mass is 10.0. The van der Waals surface area contributed by atoms with Gasteiger partial charge in [0.2, 0.25) is 0 Å². The first kappa shape index (κ1) is 20.6. The number of para-hydroxylation sites is 1. The van der Waals surface area contributed by atoms with Crippen LogP contribution in [0.1, 0.15) is 35.3 Å². The number of hydrogen-bond acceptors (Lipinski definition) is 3. The molecule has 0 aliphatic rings. The van der Waals surface area contributed by atoms with E-state index in [2.05, 4.69) is 23.9 Å². The van der Waals surface area contributed by atoms with Crippen molar-refractivity contribution in [3.05, 3.63) is 89.5 Å². The number of sulfonamides is 1. The molecule has 1 amide bonds. The monoisotopic (exact) mass is 408 g/mol. The number of amides is 1. The van der Waals surface area contributed by atoms with Crippen LogP contribution in [0.5, 0.6) is 0 Å². The largest absolute Gasteiger partial charge is 0.321 e. The molecular formula is C23H24N2O3S. The first-order valence-electron chi connectivity index (χ1n) is 9.54. The summed E-state index contributed by atoms with van der Waals surface area (Å²) in [5.74, 6) is -0.224. The molecule has 0 aliphatic carbocycles. The highest BCUT2D eigenvalue weighted by molar-refractivity contribution is 7.92. The van der Waals surface area contributed by atoms with Gasteiger partial charge < -0.3 is 5.32 Å². The maximum atomic E-state index is 12.7. The Morgan fingerprint density at radius 3 is 1.93 bits per heavy atom. The molecule has 0 saturated heterocycles. The van der Waals surface area contributed by atoms with Crippen molar-refractivity contribution in [3.8, 4) is 0 Å². The third-order valence-corrected chi connectivity index (χ3v) is 6.09. The van der Waals surface area contributed by atoms with Crippen molar-refractivity contribution in [3.63, 3.8) is 0 Å². The smallest absolute Gasteiger partial charge is 0.261 e. The molecule has 0 saturated carbocycles. The van der Waals surface area contributed by atoms with Gasteiger partial charge in [-0.05, 0) is 60.4 Å². The van der Waals surface area contributed by atoms with Gasteiger partial charge in [0.05, 0.1) is 4.90 Å². The molecule has 150 valence electrons. The lowest BCUT2D eigenvalue weighted by Gasteiger charge is -2.14. The van der Waals surface area contributed by atoms with Crippen molar-refractivity contribution in [2.75, 3.05) is 10.0 Å². The number of carbonyl (C=O) groups is 1. The standard InChI is InChI=1S/C23H24N2O3S/c1-3-17-9-8-10-18(4-2)22(17)24-23(26)19-13-15-20(16-14-19)25-29(27,28)21-11-6-5-7-12-21/h5-16,25H,3-4H2,1-2H3,(H,24,26). The molecule has 0 spiro atoms. The summed E-state index contributed by atoms with van der Waals surface area (Å²) in [6.45, 7) is 4.11. The summed E-state index contributed by atoms with van der Waals surface area (Å²) in [7, 11) is -3.66. The lowest BCUT2D eigenvalue weighted by molar-refractivity contribution is 0.102. The number of nitrogens with one attached hydrogen (secondary N) is 2. The molecular weight excluding hydrogens is 384 g/mol. The Balaban J connectivity index is 1.76. The van der Waals surface area contributed by atoms with Crippen molar-refractivity contribution in [2.24, 2.45) is 0 Å². The Labute approximate surface area is 171 Å². The second-order valence-corrected chi connectivity index (χ2v) is 8.29. The van der Waals surface area contributed by atoms with Crippen LogP contribution < -0.4 is 10.0 Å². The second-order valence-electron chi connectivity index (χ2n) is 6.61. The van der Waals surface area contributed by atoms with Crippen LogP contribution in [0.3, 0.4) is 0 Å². The van der Waals surface area contributed by atoms with Gasteiger partial charge in [0.25, 0.3) is 15.9 Å². The molecule has 0 unspecified atom stereocenters. The van der Waals surface area contributed by atoms with Crippen molar-refractivity contribution in [1.29, 1.82) is 0 Å². The SMILES string of the molecule is CCc1cccc(CC)c1NC(=O)c1ccc(NS(=O)(=O)c2ccccc2)cc1. The molecule has 0 bridgehead atoms. The van der Waals surface area contributed by atoms with Crippen LogP contribution in [0.25, 0.3) is 0 Å². The van der Waals surface area contributed by atoms with Gasteiger partial charge in [-0.3, -0.25) is 9.52 Å². The van der Waals surface area contributed by atoms with Crippen LogP contribution in [-0.4, -0.2) is 14.3 Å². The summed E-state index contributed by atoms with van der Waals surface area (Å²) < 4.78 is 27.4. The molecule has 5 nitrogen and oxygen atoms in total. The Morgan fingerprint density at radius 2 is 1.38 bits per heavy atom. The van der Waals surface area contributed by atoms with E-state index in [1.54, 1.807) is 42.5 Å². The average Bonchev–Trinajstić information content (AvgIpc) is 2.74. The average molecular weight is 409 g/mol. The van der Waals surface area contributed by atoms with Crippen LogP contribution in [0.2, 0.25) is 0 Å². The van der Waals surface area contributed by atoms with Crippen LogP contribution in [0, 0.1) is 0 Å². The van der Waals surface area contributed by atoms with Gasteiger partial charge in [-0.25, -0.2) is 8.42 Å². The molecule has 3 aromatic rings. The highest BCUT2D eigenvalue weighted by Gasteiger charge is 2.15. The van der Waals surface area contributed by atoms with Crippen LogP contribution in [-0.2, 0) is 22.9 Å². The molecule has 0 aliphatic heterocycles. The van der Waals surface area contributed by atoms with Gasteiger partial charge in [0.15, 0.2) is 0 Å². The summed E-state index contributed by atoms with van der Waals surface area (Å²) in [6, 6.07) is 20.6. The molecule has 3 rings (SSSR count). The number of rotatable bonds is 7. The van der Waals surface area contributed by atoms with Crippen LogP contribution >= 0.6 is 0 Å². The number of hydrogen-bond donors (Lipinski definition) is 2. The van der Waals surface area contributed by atoms with Crippen molar-refractivity contribution >= 4 is 27.3 Å². The van der Waals surface area contributed by atoms with Crippen LogP contribution in [0.4, 0.5) is 11.4 Å². The van der Waals surface area contributed by atoms with Gasteiger partial charge >= 0.3 is 0 Å². The molecule has 0 aromatic heterocycles. The predicted molar refractivity (Wildman–Crippen MR) is 117 cm³/mol. The molecule has 29 heavy (non-hydrogen) atoms. The normalized spacial score (nSPS) is 11.1. The maximum Gasteiger partial charge on any atom is 0.261 e. The Hall–Kier alpha value is -3.12. The van der Waals surface area contributed by atoms with Gasteiger partial charge in [-0.1, -0.05) is 50.2 Å². The Bertz CT molecular complexity index is 1070. The Kier molecular flexibility index (Phi) is 6.34. The fourth-order valence-electron chi connectivity index (χ4n) is 3.09. The predicted octanol–water partition coefficient (Wildman–Crippen LogP) is 4.86. The zero-order valence-electron chi connectivity index (χ0n) is 16.5. The summed E-state index contributed by atoms with van der Waals surface area (Å²) in [5, 5.41) is 3.01. The summed E-state index contributed by atoms with van der Waals surface area (Å²) in [5.41, 5.74) is 3.89. The fraction of sp³-hybridized carbons (Fsp3) is 0.174. The first-order valence-corrected chi connectivity index (χ1v) is 11.0. The van der Waals surface area contributed by atoms with Gasteiger partial charge in [-0.2, -0.15) is 0 Å². The van der Waals surface area contributed by atoms with E-state index in [1.165, 1.54) is 12.1 Å². The third-order valence-electron chi connectivity index (χ3n) is 4.69. The number of carbonyl (C=O) groups excluding carboxylic acids is 1. The zero-order valence-corrected chi connectivity index (χ0v) is 17.3. The summed E-state index contributed by atoms with van der Waals surface area (Å²) >= 11 is 0. The number of aryl methyl sites for hydroxylation is 2. The first-order chi connectivity index (χ1) is 13.9. The summed E-state index contributed by atoms with van der Waals surface area (Å²) in [6.07, 6.45) is 1.65. The molecule has 2 N–H and O–H groups in total. The van der Waals surface area contributed by atoms with Gasteiger partial charge in [0, 0.05) is 16.9 Å². The van der Waals surface area contributed by atoms with E-state index >= 15 is 0 Å². The lowest BCUT2D eigenvalue weighted by Crippen LogP contribution is -2.15. The molecule has 0 atom stereocenters. The number of anilines is 2. The second kappa shape index (κ2) is 8.92. The zero-order chi connectivity index (χ0) is 20.9. The van der Waals surface area contributed by atoms with E-state index in [0.29, 0.717) is 11.3 Å². The quantitative estimate of drug-likeness (QED) is 0.586.